The summed E-state index contributed by atoms with van der Waals surface area (Å²) >= 11 is 0. The number of hydrogen-bond acceptors (Lipinski definition) is 4. The zero-order valence-electron chi connectivity index (χ0n) is 15.6. The average Bonchev–Trinajstić information content (AvgIpc) is 2.79. The van der Waals surface area contributed by atoms with Gasteiger partial charge in [-0.25, -0.2) is 0 Å². The van der Waals surface area contributed by atoms with E-state index < -0.39 is 5.60 Å². The molecule has 5 heteroatoms. The van der Waals surface area contributed by atoms with E-state index in [0.29, 0.717) is 29.7 Å². The zero-order chi connectivity index (χ0) is 18.3. The first-order chi connectivity index (χ1) is 11.0. The molecule has 0 bridgehead atoms. The number of nitrogens with one attached hydrogen (secondary N) is 1. The Balaban J connectivity index is 2.19. The van der Waals surface area contributed by atoms with Crippen molar-refractivity contribution >= 4 is 11.7 Å². The molecular formula is C19H29NO4. The fraction of sp³-hybridized carbons (Fsp3) is 0.684. The monoisotopic (exact) mass is 335 g/mol. The van der Waals surface area contributed by atoms with Crippen LogP contribution in [0, 0.1) is 18.3 Å². The minimum Gasteiger partial charge on any atom is -0.455 e. The van der Waals surface area contributed by atoms with Crippen LogP contribution in [0.2, 0.25) is 0 Å². The Morgan fingerprint density at radius 2 is 2.04 bits per heavy atom. The van der Waals surface area contributed by atoms with Crippen LogP contribution in [0.5, 0.6) is 0 Å². The van der Waals surface area contributed by atoms with E-state index in [9.17, 15) is 14.7 Å². The van der Waals surface area contributed by atoms with E-state index in [-0.39, 0.29) is 35.3 Å². The first-order valence-electron chi connectivity index (χ1n) is 8.64. The Labute approximate surface area is 143 Å². The van der Waals surface area contributed by atoms with E-state index in [2.05, 4.69) is 5.32 Å². The van der Waals surface area contributed by atoms with Gasteiger partial charge in [-0.2, -0.15) is 0 Å². The van der Waals surface area contributed by atoms with Crippen molar-refractivity contribution < 1.29 is 19.1 Å². The maximum absolute atomic E-state index is 12.5. The number of furan rings is 1. The van der Waals surface area contributed by atoms with Gasteiger partial charge >= 0.3 is 0 Å². The van der Waals surface area contributed by atoms with Crippen LogP contribution in [-0.4, -0.2) is 28.9 Å². The highest BCUT2D eigenvalue weighted by atomic mass is 16.4. The second kappa shape index (κ2) is 6.36. The van der Waals surface area contributed by atoms with Gasteiger partial charge in [0.05, 0.1) is 11.2 Å². The topological polar surface area (TPSA) is 79.5 Å². The SMILES string of the molecule is CCC(C)C(C)(O)CNC(=O)c1oc2c(c1C)C(=O)CC(C)(C)C2. The molecule has 1 aliphatic carbocycles. The minimum atomic E-state index is -0.984. The minimum absolute atomic E-state index is 0.0353. The third-order valence-electron chi connectivity index (χ3n) is 5.26. The van der Waals surface area contributed by atoms with Crippen molar-refractivity contribution in [3.63, 3.8) is 0 Å². The molecule has 0 fully saturated rings. The number of carbonyl (C=O) groups excluding carboxylic acids is 2. The Morgan fingerprint density at radius 3 is 2.62 bits per heavy atom. The van der Waals surface area contributed by atoms with Crippen LogP contribution in [0.25, 0.3) is 0 Å². The molecule has 5 nitrogen and oxygen atoms in total. The Morgan fingerprint density at radius 1 is 1.42 bits per heavy atom. The summed E-state index contributed by atoms with van der Waals surface area (Å²) in [5.41, 5.74) is 0.0318. The summed E-state index contributed by atoms with van der Waals surface area (Å²) in [5, 5.41) is 13.2. The molecule has 0 saturated heterocycles. The number of rotatable bonds is 5. The summed E-state index contributed by atoms with van der Waals surface area (Å²) in [6, 6.07) is 0. The summed E-state index contributed by atoms with van der Waals surface area (Å²) in [6.45, 7) is 11.6. The van der Waals surface area contributed by atoms with Crippen LogP contribution in [-0.2, 0) is 6.42 Å². The lowest BCUT2D eigenvalue weighted by Gasteiger charge is -2.29. The third-order valence-corrected chi connectivity index (χ3v) is 5.26. The quantitative estimate of drug-likeness (QED) is 0.865. The lowest BCUT2D eigenvalue weighted by Crippen LogP contribution is -2.45. The van der Waals surface area contributed by atoms with Crippen LogP contribution >= 0.6 is 0 Å². The maximum Gasteiger partial charge on any atom is 0.287 e. The summed E-state index contributed by atoms with van der Waals surface area (Å²) < 4.78 is 5.74. The van der Waals surface area contributed by atoms with E-state index in [4.69, 9.17) is 4.42 Å². The molecule has 1 aromatic heterocycles. The zero-order valence-corrected chi connectivity index (χ0v) is 15.6. The largest absolute Gasteiger partial charge is 0.455 e. The molecule has 1 aliphatic rings. The van der Waals surface area contributed by atoms with E-state index in [0.717, 1.165) is 6.42 Å². The molecule has 2 rings (SSSR count). The molecule has 134 valence electrons. The molecule has 0 radical (unpaired) electrons. The van der Waals surface area contributed by atoms with Crippen LogP contribution in [0.3, 0.4) is 0 Å². The van der Waals surface area contributed by atoms with Crippen molar-refractivity contribution in [3.05, 3.63) is 22.6 Å². The van der Waals surface area contributed by atoms with Gasteiger partial charge in [0.15, 0.2) is 11.5 Å². The van der Waals surface area contributed by atoms with Gasteiger partial charge in [0.1, 0.15) is 5.76 Å². The normalized spacial score (nSPS) is 20.2. The highest BCUT2D eigenvalue weighted by molar-refractivity contribution is 6.03. The Kier molecular flexibility index (Phi) is 4.96. The van der Waals surface area contributed by atoms with Gasteiger partial charge in [0, 0.05) is 24.9 Å². The van der Waals surface area contributed by atoms with Gasteiger partial charge in [-0.15, -0.1) is 0 Å². The van der Waals surface area contributed by atoms with Gasteiger partial charge in [0.2, 0.25) is 0 Å². The number of ketones is 1. The lowest BCUT2D eigenvalue weighted by molar-refractivity contribution is 0.00566. The summed E-state index contributed by atoms with van der Waals surface area (Å²) in [5.74, 6) is 0.508. The first-order valence-corrected chi connectivity index (χ1v) is 8.64. The van der Waals surface area contributed by atoms with Crippen molar-refractivity contribution in [1.29, 1.82) is 0 Å². The molecular weight excluding hydrogens is 306 g/mol. The highest BCUT2D eigenvalue weighted by Crippen LogP contribution is 2.38. The summed E-state index contributed by atoms with van der Waals surface area (Å²) in [7, 11) is 0. The number of Topliss-reactive ketones (excluding diaryl/α,β-unsaturated/α-hetero) is 1. The van der Waals surface area contributed by atoms with Crippen molar-refractivity contribution in [2.24, 2.45) is 11.3 Å². The molecule has 1 aromatic rings. The van der Waals surface area contributed by atoms with Crippen LogP contribution < -0.4 is 5.32 Å². The summed E-state index contributed by atoms with van der Waals surface area (Å²) in [6.07, 6.45) is 1.93. The fourth-order valence-corrected chi connectivity index (χ4v) is 3.25. The highest BCUT2D eigenvalue weighted by Gasteiger charge is 2.37. The molecule has 1 heterocycles. The maximum atomic E-state index is 12.5. The Bertz CT molecular complexity index is 655. The van der Waals surface area contributed by atoms with Crippen molar-refractivity contribution in [2.75, 3.05) is 6.54 Å². The van der Waals surface area contributed by atoms with Gasteiger partial charge in [-0.05, 0) is 25.2 Å². The fourth-order valence-electron chi connectivity index (χ4n) is 3.25. The molecule has 2 N–H and O–H groups in total. The second-order valence-electron chi connectivity index (χ2n) is 8.14. The van der Waals surface area contributed by atoms with Crippen molar-refractivity contribution in [2.45, 2.75) is 66.4 Å². The number of aliphatic hydroxyl groups is 1. The number of fused-ring (bicyclic) bond motifs is 1. The van der Waals surface area contributed by atoms with Crippen LogP contribution in [0.15, 0.2) is 4.42 Å². The average molecular weight is 335 g/mol. The van der Waals surface area contributed by atoms with E-state index in [1.165, 1.54) is 0 Å². The molecule has 0 aliphatic heterocycles. The first kappa shape index (κ1) is 18.7. The van der Waals surface area contributed by atoms with Gasteiger partial charge in [-0.1, -0.05) is 34.1 Å². The van der Waals surface area contributed by atoms with E-state index >= 15 is 0 Å². The van der Waals surface area contributed by atoms with E-state index in [1.807, 2.05) is 27.7 Å². The van der Waals surface area contributed by atoms with Crippen molar-refractivity contribution in [1.82, 2.24) is 5.32 Å². The third kappa shape index (κ3) is 3.56. The predicted molar refractivity (Wildman–Crippen MR) is 92.3 cm³/mol. The number of carbonyl (C=O) groups is 2. The number of hydrogen-bond donors (Lipinski definition) is 2. The smallest absolute Gasteiger partial charge is 0.287 e. The molecule has 0 spiro atoms. The van der Waals surface area contributed by atoms with Gasteiger partial charge in [0.25, 0.3) is 5.91 Å². The lowest BCUT2D eigenvalue weighted by atomic mass is 9.76. The van der Waals surface area contributed by atoms with Gasteiger partial charge < -0.3 is 14.8 Å². The standard InChI is InChI=1S/C19H29NO4/c1-7-11(2)19(6,23)10-20-17(22)16-12(3)15-13(21)8-18(4,5)9-14(15)24-16/h11,23H,7-10H2,1-6H3,(H,20,22). The molecule has 24 heavy (non-hydrogen) atoms. The molecule has 2 unspecified atom stereocenters. The van der Waals surface area contributed by atoms with Crippen LogP contribution in [0.1, 0.15) is 79.7 Å². The Hall–Kier alpha value is -1.62. The van der Waals surface area contributed by atoms with Crippen LogP contribution in [0.4, 0.5) is 0 Å². The summed E-state index contributed by atoms with van der Waals surface area (Å²) in [4.78, 5) is 24.9. The molecule has 1 amide bonds. The molecule has 0 saturated carbocycles. The van der Waals surface area contributed by atoms with E-state index in [1.54, 1.807) is 13.8 Å². The predicted octanol–water partition coefficient (Wildman–Crippen LogP) is 3.27. The van der Waals surface area contributed by atoms with Gasteiger partial charge in [-0.3, -0.25) is 9.59 Å². The number of amides is 1. The van der Waals surface area contributed by atoms with Crippen molar-refractivity contribution in [3.8, 4) is 0 Å². The second-order valence-corrected chi connectivity index (χ2v) is 8.14. The molecule has 0 aromatic carbocycles. The molecule has 2 atom stereocenters.